The minimum Gasteiger partial charge on any atom is -0.504 e. The predicted octanol–water partition coefficient (Wildman–Crippen LogP) is 5.05. The Hall–Kier alpha value is -1.62. The van der Waals surface area contributed by atoms with E-state index >= 15 is 0 Å². The van der Waals surface area contributed by atoms with E-state index in [4.69, 9.17) is 27.9 Å². The smallest absolute Gasteiger partial charge is 0.160 e. The summed E-state index contributed by atoms with van der Waals surface area (Å²) in [6.45, 7) is 4.43. The highest BCUT2D eigenvalue weighted by molar-refractivity contribution is 6.37. The van der Waals surface area contributed by atoms with Gasteiger partial charge in [-0.05, 0) is 56.0 Å². The average Bonchev–Trinajstić information content (AvgIpc) is 2.66. The highest BCUT2D eigenvalue weighted by atomic mass is 35.5. The number of ether oxygens (including phenoxy) is 1. The van der Waals surface area contributed by atoms with Crippen LogP contribution in [-0.2, 0) is 12.8 Å². The zero-order chi connectivity index (χ0) is 19.4. The first kappa shape index (κ1) is 20.1. The zero-order valence-electron chi connectivity index (χ0n) is 15.4. The van der Waals surface area contributed by atoms with Crippen molar-refractivity contribution >= 4 is 23.2 Å². The van der Waals surface area contributed by atoms with Gasteiger partial charge in [0, 0.05) is 18.2 Å². The lowest BCUT2D eigenvalue weighted by molar-refractivity contribution is 0.147. The van der Waals surface area contributed by atoms with E-state index in [9.17, 15) is 10.2 Å². The molecule has 2 N–H and O–H groups in total. The molecule has 1 unspecified atom stereocenters. The Morgan fingerprint density at radius 1 is 1.11 bits per heavy atom. The second-order valence-electron chi connectivity index (χ2n) is 6.90. The summed E-state index contributed by atoms with van der Waals surface area (Å²) in [7, 11) is 0. The molecule has 0 bridgehead atoms. The van der Waals surface area contributed by atoms with Crippen LogP contribution in [0.2, 0.25) is 10.0 Å². The molecule has 0 radical (unpaired) electrons. The van der Waals surface area contributed by atoms with Gasteiger partial charge >= 0.3 is 0 Å². The van der Waals surface area contributed by atoms with Gasteiger partial charge in [-0.2, -0.15) is 0 Å². The average molecular weight is 410 g/mol. The first-order valence-corrected chi connectivity index (χ1v) is 10.1. The maximum absolute atomic E-state index is 10.1. The lowest BCUT2D eigenvalue weighted by Gasteiger charge is -2.35. The molecule has 27 heavy (non-hydrogen) atoms. The lowest BCUT2D eigenvalue weighted by Crippen LogP contribution is -2.42. The van der Waals surface area contributed by atoms with Crippen molar-refractivity contribution in [2.75, 3.05) is 19.7 Å². The fraction of sp³-hybridized carbons (Fsp3) is 0.429. The van der Waals surface area contributed by atoms with E-state index in [1.54, 1.807) is 24.3 Å². The van der Waals surface area contributed by atoms with E-state index in [1.807, 2.05) is 6.07 Å². The summed E-state index contributed by atoms with van der Waals surface area (Å²) >= 11 is 12.3. The number of rotatable bonds is 7. The van der Waals surface area contributed by atoms with Gasteiger partial charge in [0.15, 0.2) is 17.2 Å². The number of nitrogens with zero attached hydrogens (tertiary/aromatic N) is 1. The summed E-state index contributed by atoms with van der Waals surface area (Å²) in [5.74, 6) is 0.527. The van der Waals surface area contributed by atoms with Crippen molar-refractivity contribution in [3.05, 3.63) is 51.5 Å². The number of para-hydroxylation sites is 1. The van der Waals surface area contributed by atoms with Crippen LogP contribution < -0.4 is 4.74 Å². The van der Waals surface area contributed by atoms with Gasteiger partial charge in [0.2, 0.25) is 0 Å². The number of phenols is 2. The van der Waals surface area contributed by atoms with Crippen LogP contribution in [0, 0.1) is 0 Å². The molecule has 1 aliphatic rings. The van der Waals surface area contributed by atoms with Gasteiger partial charge in [-0.25, -0.2) is 0 Å². The highest BCUT2D eigenvalue weighted by Gasteiger charge is 2.26. The monoisotopic (exact) mass is 409 g/mol. The van der Waals surface area contributed by atoms with Crippen LogP contribution in [-0.4, -0.2) is 40.9 Å². The maximum Gasteiger partial charge on any atom is 0.160 e. The number of benzene rings is 2. The van der Waals surface area contributed by atoms with Crippen LogP contribution in [0.5, 0.6) is 17.2 Å². The van der Waals surface area contributed by atoms with Crippen molar-refractivity contribution in [1.82, 2.24) is 4.90 Å². The summed E-state index contributed by atoms with van der Waals surface area (Å²) in [5, 5.41) is 20.8. The summed E-state index contributed by atoms with van der Waals surface area (Å²) < 4.78 is 5.86. The van der Waals surface area contributed by atoms with Crippen LogP contribution >= 0.6 is 23.2 Å². The maximum atomic E-state index is 10.1. The molecule has 0 spiro atoms. The van der Waals surface area contributed by atoms with Gasteiger partial charge < -0.3 is 14.9 Å². The Kier molecular flexibility index (Phi) is 6.74. The Morgan fingerprint density at radius 3 is 2.56 bits per heavy atom. The van der Waals surface area contributed by atoms with Gasteiger partial charge in [-0.15, -0.1) is 0 Å². The van der Waals surface area contributed by atoms with Crippen molar-refractivity contribution in [2.24, 2.45) is 0 Å². The number of fused-ring (bicyclic) bond motifs is 1. The lowest BCUT2D eigenvalue weighted by atomic mass is 9.86. The van der Waals surface area contributed by atoms with Crippen molar-refractivity contribution in [3.8, 4) is 17.2 Å². The van der Waals surface area contributed by atoms with Crippen molar-refractivity contribution in [1.29, 1.82) is 0 Å². The van der Waals surface area contributed by atoms with Gasteiger partial charge in [-0.3, -0.25) is 4.90 Å². The first-order chi connectivity index (χ1) is 13.0. The number of halogens is 2. The van der Waals surface area contributed by atoms with E-state index < -0.39 is 0 Å². The Morgan fingerprint density at radius 2 is 1.85 bits per heavy atom. The summed E-state index contributed by atoms with van der Waals surface area (Å²) in [6, 6.07) is 9.21. The predicted molar refractivity (Wildman–Crippen MR) is 109 cm³/mol. The van der Waals surface area contributed by atoms with Crippen LogP contribution in [0.1, 0.15) is 30.9 Å². The fourth-order valence-corrected chi connectivity index (χ4v) is 4.27. The molecule has 0 saturated carbocycles. The third-order valence-electron chi connectivity index (χ3n) is 5.11. The van der Waals surface area contributed by atoms with Gasteiger partial charge in [0.25, 0.3) is 0 Å². The van der Waals surface area contributed by atoms with Gasteiger partial charge in [0.05, 0.1) is 10.0 Å². The Bertz CT molecular complexity index is 777. The Labute approximate surface area is 170 Å². The van der Waals surface area contributed by atoms with E-state index in [0.717, 1.165) is 49.9 Å². The van der Waals surface area contributed by atoms with Gasteiger partial charge in [-0.1, -0.05) is 42.3 Å². The SMILES string of the molecule is CCCN(CCOc1c(Cl)cccc1Cl)C1CCc2c(ccc(O)c2O)C1. The molecule has 0 saturated heterocycles. The normalized spacial score (nSPS) is 16.4. The molecule has 4 nitrogen and oxygen atoms in total. The molecule has 0 aromatic heterocycles. The van der Waals surface area contributed by atoms with E-state index in [0.29, 0.717) is 28.4 Å². The van der Waals surface area contributed by atoms with Gasteiger partial charge in [0.1, 0.15) is 6.61 Å². The minimum absolute atomic E-state index is 0.0321. The number of hydrogen-bond acceptors (Lipinski definition) is 4. The minimum atomic E-state index is -0.0392. The first-order valence-electron chi connectivity index (χ1n) is 9.34. The topological polar surface area (TPSA) is 52.9 Å². The van der Waals surface area contributed by atoms with E-state index in [-0.39, 0.29) is 11.5 Å². The van der Waals surface area contributed by atoms with Crippen LogP contribution in [0.3, 0.4) is 0 Å². The van der Waals surface area contributed by atoms with Crippen molar-refractivity contribution < 1.29 is 14.9 Å². The molecule has 1 atom stereocenters. The molecular weight excluding hydrogens is 385 g/mol. The molecule has 146 valence electrons. The molecule has 3 rings (SSSR count). The molecule has 1 aliphatic carbocycles. The molecule has 0 amide bonds. The summed E-state index contributed by atoms with van der Waals surface area (Å²) in [6.07, 6.45) is 3.61. The quantitative estimate of drug-likeness (QED) is 0.627. The number of aromatic hydroxyl groups is 2. The second kappa shape index (κ2) is 9.05. The summed E-state index contributed by atoms with van der Waals surface area (Å²) in [5.41, 5.74) is 1.99. The standard InChI is InChI=1S/C21H25Cl2NO3/c1-2-10-24(11-12-27-21-17(22)4-3-5-18(21)23)15-7-8-16-14(13-15)6-9-19(25)20(16)26/h3-6,9,15,25-26H,2,7-8,10-13H2,1H3. The largest absolute Gasteiger partial charge is 0.504 e. The third kappa shape index (κ3) is 4.63. The van der Waals surface area contributed by atoms with E-state index in [2.05, 4.69) is 11.8 Å². The van der Waals surface area contributed by atoms with E-state index in [1.165, 1.54) is 0 Å². The summed E-state index contributed by atoms with van der Waals surface area (Å²) in [4.78, 5) is 2.43. The molecule has 6 heteroatoms. The molecular formula is C21H25Cl2NO3. The number of hydrogen-bond donors (Lipinski definition) is 2. The van der Waals surface area contributed by atoms with Crippen LogP contribution in [0.4, 0.5) is 0 Å². The molecule has 2 aromatic rings. The molecule has 2 aromatic carbocycles. The number of phenolic OH excluding ortho intramolecular Hbond substituents is 2. The van der Waals surface area contributed by atoms with Crippen molar-refractivity contribution in [3.63, 3.8) is 0 Å². The molecule has 0 fully saturated rings. The molecule has 0 heterocycles. The Balaban J connectivity index is 1.64. The zero-order valence-corrected chi connectivity index (χ0v) is 16.9. The fourth-order valence-electron chi connectivity index (χ4n) is 3.76. The third-order valence-corrected chi connectivity index (χ3v) is 5.71. The van der Waals surface area contributed by atoms with Crippen LogP contribution in [0.15, 0.2) is 30.3 Å². The second-order valence-corrected chi connectivity index (χ2v) is 7.72. The molecule has 0 aliphatic heterocycles. The highest BCUT2D eigenvalue weighted by Crippen LogP contribution is 2.37. The van der Waals surface area contributed by atoms with Crippen LogP contribution in [0.25, 0.3) is 0 Å². The van der Waals surface area contributed by atoms with Crippen molar-refractivity contribution in [2.45, 2.75) is 38.6 Å².